The third-order valence-corrected chi connectivity index (χ3v) is 6.16. The molecule has 4 heteroatoms. The Morgan fingerprint density at radius 3 is 1.91 bits per heavy atom. The van der Waals surface area contributed by atoms with Crippen molar-refractivity contribution in [3.63, 3.8) is 0 Å². The second kappa shape index (κ2) is 16.5. The Morgan fingerprint density at radius 2 is 1.27 bits per heavy atom. The highest BCUT2D eigenvalue weighted by Crippen LogP contribution is 2.25. The lowest BCUT2D eigenvalue weighted by molar-refractivity contribution is 0.496. The lowest BCUT2D eigenvalue weighted by atomic mass is 10.0. The molecule has 0 bridgehead atoms. The molecule has 0 aliphatic rings. The lowest BCUT2D eigenvalue weighted by Crippen LogP contribution is -2.00. The maximum absolute atomic E-state index is 14.7. The van der Waals surface area contributed by atoms with Gasteiger partial charge < -0.3 is 0 Å². The zero-order chi connectivity index (χ0) is 23.7. The number of hydrogen-bond acceptors (Lipinski definition) is 2. The van der Waals surface area contributed by atoms with E-state index in [9.17, 15) is 8.78 Å². The Hall–Kier alpha value is -2.10. The number of halogens is 2. The number of hydrogen-bond donors (Lipinski definition) is 0. The van der Waals surface area contributed by atoms with Gasteiger partial charge in [-0.3, -0.25) is 0 Å². The Balaban J connectivity index is 1.82. The summed E-state index contributed by atoms with van der Waals surface area (Å²) in [5.41, 5.74) is 1.44. The smallest absolute Gasteiger partial charge is 0.170 e. The van der Waals surface area contributed by atoms with Crippen LogP contribution in [0.3, 0.4) is 0 Å². The van der Waals surface area contributed by atoms with Gasteiger partial charge in [0, 0.05) is 18.0 Å². The molecule has 182 valence electrons. The van der Waals surface area contributed by atoms with E-state index in [0.717, 1.165) is 31.2 Å². The summed E-state index contributed by atoms with van der Waals surface area (Å²) in [7, 11) is 0. The van der Waals surface area contributed by atoms with Gasteiger partial charge in [-0.25, -0.2) is 18.7 Å². The molecule has 33 heavy (non-hydrogen) atoms. The number of benzene rings is 1. The van der Waals surface area contributed by atoms with Crippen LogP contribution in [-0.4, -0.2) is 9.97 Å². The molecule has 2 rings (SSSR count). The molecule has 0 aliphatic carbocycles. The molecule has 0 aliphatic heterocycles. The van der Waals surface area contributed by atoms with Crippen LogP contribution in [0.4, 0.5) is 8.78 Å². The number of aryl methyl sites for hydroxylation is 1. The standard InChI is InChI=1S/C29H42F2N2/c1-3-5-7-9-11-13-14-16-18-24-22-32-29(33-23-24)26-21-20-25(27(30)28(26)31)19-17-15-12-10-8-6-4-2/h16,18,20-23H,3-15,17,19H2,1-2H3. The topological polar surface area (TPSA) is 25.8 Å². The Bertz CT molecular complexity index is 815. The van der Waals surface area contributed by atoms with E-state index in [2.05, 4.69) is 29.9 Å². The van der Waals surface area contributed by atoms with Crippen molar-refractivity contribution in [2.75, 3.05) is 0 Å². The number of aromatic nitrogens is 2. The summed E-state index contributed by atoms with van der Waals surface area (Å²) in [5, 5.41) is 0. The summed E-state index contributed by atoms with van der Waals surface area (Å²) < 4.78 is 29.3. The third-order valence-electron chi connectivity index (χ3n) is 6.16. The monoisotopic (exact) mass is 456 g/mol. The molecular weight excluding hydrogens is 414 g/mol. The van der Waals surface area contributed by atoms with Gasteiger partial charge in [0.25, 0.3) is 0 Å². The zero-order valence-corrected chi connectivity index (χ0v) is 20.7. The molecular formula is C29H42F2N2. The third kappa shape index (κ3) is 10.1. The molecule has 2 nitrogen and oxygen atoms in total. The summed E-state index contributed by atoms with van der Waals surface area (Å²) in [6.07, 6.45) is 24.9. The van der Waals surface area contributed by atoms with Gasteiger partial charge in [0.1, 0.15) is 0 Å². The van der Waals surface area contributed by atoms with Crippen molar-refractivity contribution in [1.82, 2.24) is 9.97 Å². The van der Waals surface area contributed by atoms with Crippen molar-refractivity contribution in [3.8, 4) is 11.4 Å². The normalized spacial score (nSPS) is 11.5. The first-order valence-electron chi connectivity index (χ1n) is 13.1. The number of unbranched alkanes of at least 4 members (excludes halogenated alkanes) is 12. The summed E-state index contributed by atoms with van der Waals surface area (Å²) in [6, 6.07) is 3.29. The van der Waals surface area contributed by atoms with Crippen molar-refractivity contribution in [2.24, 2.45) is 0 Å². The average Bonchev–Trinajstić information content (AvgIpc) is 2.83. The van der Waals surface area contributed by atoms with Gasteiger partial charge in [0.2, 0.25) is 0 Å². The molecule has 0 spiro atoms. The second-order valence-corrected chi connectivity index (χ2v) is 9.07. The van der Waals surface area contributed by atoms with E-state index in [1.807, 2.05) is 6.08 Å². The van der Waals surface area contributed by atoms with Gasteiger partial charge in [-0.1, -0.05) is 103 Å². The minimum absolute atomic E-state index is 0.124. The molecule has 0 N–H and O–H groups in total. The molecule has 1 heterocycles. The van der Waals surface area contributed by atoms with Crippen molar-refractivity contribution in [3.05, 3.63) is 53.4 Å². The molecule has 0 fully saturated rings. The van der Waals surface area contributed by atoms with E-state index in [-0.39, 0.29) is 11.4 Å². The number of allylic oxidation sites excluding steroid dienone is 1. The average molecular weight is 457 g/mol. The fraction of sp³-hybridized carbons (Fsp3) is 0.586. The molecule has 1 aromatic heterocycles. The first-order chi connectivity index (χ1) is 16.2. The quantitative estimate of drug-likeness (QED) is 0.221. The van der Waals surface area contributed by atoms with Crippen LogP contribution in [0.15, 0.2) is 30.6 Å². The van der Waals surface area contributed by atoms with Gasteiger partial charge in [0.05, 0.1) is 5.56 Å². The van der Waals surface area contributed by atoms with Crippen molar-refractivity contribution < 1.29 is 8.78 Å². The van der Waals surface area contributed by atoms with E-state index in [0.29, 0.717) is 12.0 Å². The van der Waals surface area contributed by atoms with E-state index in [1.54, 1.807) is 24.5 Å². The van der Waals surface area contributed by atoms with Crippen molar-refractivity contribution >= 4 is 6.08 Å². The first kappa shape index (κ1) is 27.1. The molecule has 0 saturated carbocycles. The van der Waals surface area contributed by atoms with Crippen LogP contribution in [0.2, 0.25) is 0 Å². The van der Waals surface area contributed by atoms with Gasteiger partial charge in [0.15, 0.2) is 17.5 Å². The number of nitrogens with zero attached hydrogens (tertiary/aromatic N) is 2. The summed E-state index contributed by atoms with van der Waals surface area (Å²) in [4.78, 5) is 8.54. The highest BCUT2D eigenvalue weighted by molar-refractivity contribution is 5.58. The van der Waals surface area contributed by atoms with Gasteiger partial charge in [-0.15, -0.1) is 0 Å². The van der Waals surface area contributed by atoms with E-state index < -0.39 is 11.6 Å². The van der Waals surface area contributed by atoms with Crippen LogP contribution in [0.1, 0.15) is 115 Å². The van der Waals surface area contributed by atoms with Gasteiger partial charge >= 0.3 is 0 Å². The predicted molar refractivity (Wildman–Crippen MR) is 136 cm³/mol. The van der Waals surface area contributed by atoms with Crippen LogP contribution in [0, 0.1) is 11.6 Å². The summed E-state index contributed by atoms with van der Waals surface area (Å²) in [5.74, 6) is -1.38. The van der Waals surface area contributed by atoms with E-state index in [4.69, 9.17) is 0 Å². The fourth-order valence-electron chi connectivity index (χ4n) is 4.05. The first-order valence-corrected chi connectivity index (χ1v) is 13.1. The molecule has 1 aromatic carbocycles. The second-order valence-electron chi connectivity index (χ2n) is 9.07. The molecule has 0 amide bonds. The van der Waals surface area contributed by atoms with Crippen LogP contribution in [-0.2, 0) is 6.42 Å². The molecule has 0 radical (unpaired) electrons. The highest BCUT2D eigenvalue weighted by atomic mass is 19.2. The maximum Gasteiger partial charge on any atom is 0.170 e. The predicted octanol–water partition coefficient (Wildman–Crippen LogP) is 9.48. The highest BCUT2D eigenvalue weighted by Gasteiger charge is 2.16. The van der Waals surface area contributed by atoms with Gasteiger partial charge in [-0.05, 0) is 37.3 Å². The van der Waals surface area contributed by atoms with Crippen LogP contribution in [0.5, 0.6) is 0 Å². The fourth-order valence-corrected chi connectivity index (χ4v) is 4.05. The van der Waals surface area contributed by atoms with Crippen molar-refractivity contribution in [2.45, 2.75) is 110 Å². The Kier molecular flexibility index (Phi) is 13.6. The molecule has 0 saturated heterocycles. The van der Waals surface area contributed by atoms with E-state index in [1.165, 1.54) is 64.2 Å². The lowest BCUT2D eigenvalue weighted by Gasteiger charge is -2.08. The van der Waals surface area contributed by atoms with Crippen LogP contribution >= 0.6 is 0 Å². The van der Waals surface area contributed by atoms with Crippen LogP contribution < -0.4 is 0 Å². The largest absolute Gasteiger partial charge is 0.236 e. The summed E-state index contributed by atoms with van der Waals surface area (Å²) in [6.45, 7) is 4.43. The minimum Gasteiger partial charge on any atom is -0.236 e. The molecule has 2 aromatic rings. The minimum atomic E-state index is -0.846. The van der Waals surface area contributed by atoms with Crippen molar-refractivity contribution in [1.29, 1.82) is 0 Å². The Labute approximate surface area is 200 Å². The Morgan fingerprint density at radius 1 is 0.697 bits per heavy atom. The zero-order valence-electron chi connectivity index (χ0n) is 20.7. The SMILES string of the molecule is CCCCCCCCC=Cc1cnc(-c2ccc(CCCCCCCCC)c(F)c2F)nc1. The number of rotatable bonds is 17. The molecule has 0 atom stereocenters. The van der Waals surface area contributed by atoms with E-state index >= 15 is 0 Å². The molecule has 0 unspecified atom stereocenters. The summed E-state index contributed by atoms with van der Waals surface area (Å²) >= 11 is 0. The maximum atomic E-state index is 14.7. The van der Waals surface area contributed by atoms with Gasteiger partial charge in [-0.2, -0.15) is 0 Å². The van der Waals surface area contributed by atoms with Crippen LogP contribution in [0.25, 0.3) is 17.5 Å².